The summed E-state index contributed by atoms with van der Waals surface area (Å²) in [4.78, 5) is 4.61. The van der Waals surface area contributed by atoms with Crippen LogP contribution >= 0.6 is 11.3 Å². The summed E-state index contributed by atoms with van der Waals surface area (Å²) in [6, 6.07) is 17.6. The van der Waals surface area contributed by atoms with Gasteiger partial charge in [-0.25, -0.2) is 4.98 Å². The highest BCUT2D eigenvalue weighted by Gasteiger charge is 2.19. The molecule has 4 heteroatoms. The number of thiazole rings is 1. The molecule has 0 radical (unpaired) electrons. The van der Waals surface area contributed by atoms with Crippen molar-refractivity contribution in [1.29, 1.82) is 10.8 Å². The molecule has 3 aromatic rings. The van der Waals surface area contributed by atoms with E-state index in [2.05, 4.69) is 43.3 Å². The molecule has 2 aromatic carbocycles. The van der Waals surface area contributed by atoms with Crippen molar-refractivity contribution >= 4 is 22.8 Å². The fourth-order valence-electron chi connectivity index (χ4n) is 3.62. The molecule has 29 heavy (non-hydrogen) atoms. The van der Waals surface area contributed by atoms with E-state index >= 15 is 0 Å². The quantitative estimate of drug-likeness (QED) is 0.395. The first kappa shape index (κ1) is 21.1. The SMILES string of the molecule is Cc1nc(CC(C)(C)CCCc2cccc(C(=N)C(=N)c3ccccc3)c2)cs1. The van der Waals surface area contributed by atoms with Gasteiger partial charge in [0, 0.05) is 16.5 Å². The maximum atomic E-state index is 8.44. The minimum atomic E-state index is 0.222. The molecule has 1 aromatic heterocycles. The highest BCUT2D eigenvalue weighted by Crippen LogP contribution is 2.29. The minimum absolute atomic E-state index is 0.222. The van der Waals surface area contributed by atoms with Gasteiger partial charge in [-0.3, -0.25) is 10.8 Å². The van der Waals surface area contributed by atoms with Crippen LogP contribution in [0.5, 0.6) is 0 Å². The normalized spacial score (nSPS) is 11.4. The van der Waals surface area contributed by atoms with Gasteiger partial charge in [0.05, 0.1) is 22.1 Å². The molecular formula is C25H29N3S. The third-order valence-electron chi connectivity index (χ3n) is 5.17. The van der Waals surface area contributed by atoms with Crippen LogP contribution in [0.15, 0.2) is 60.0 Å². The summed E-state index contributed by atoms with van der Waals surface area (Å²) in [5.74, 6) is 0. The molecule has 1 heterocycles. The fourth-order valence-corrected chi connectivity index (χ4v) is 4.23. The predicted molar refractivity (Wildman–Crippen MR) is 124 cm³/mol. The minimum Gasteiger partial charge on any atom is -0.298 e. The number of hydrogen-bond donors (Lipinski definition) is 2. The van der Waals surface area contributed by atoms with Crippen LogP contribution in [-0.4, -0.2) is 16.4 Å². The van der Waals surface area contributed by atoms with Gasteiger partial charge < -0.3 is 0 Å². The molecule has 3 rings (SSSR count). The number of aromatic nitrogens is 1. The summed E-state index contributed by atoms with van der Waals surface area (Å²) in [5, 5.41) is 20.1. The largest absolute Gasteiger partial charge is 0.298 e. The van der Waals surface area contributed by atoms with Crippen molar-refractivity contribution in [2.24, 2.45) is 5.41 Å². The highest BCUT2D eigenvalue weighted by molar-refractivity contribution is 7.09. The Kier molecular flexibility index (Phi) is 6.75. The number of rotatable bonds is 9. The maximum absolute atomic E-state index is 8.44. The van der Waals surface area contributed by atoms with E-state index in [4.69, 9.17) is 10.8 Å². The lowest BCUT2D eigenvalue weighted by Gasteiger charge is -2.23. The van der Waals surface area contributed by atoms with Crippen LogP contribution in [0.1, 0.15) is 54.1 Å². The van der Waals surface area contributed by atoms with Crippen LogP contribution in [0.2, 0.25) is 0 Å². The first-order chi connectivity index (χ1) is 13.8. The number of nitrogens with zero attached hydrogens (tertiary/aromatic N) is 1. The van der Waals surface area contributed by atoms with E-state index in [1.54, 1.807) is 11.3 Å². The molecule has 0 atom stereocenters. The molecule has 2 N–H and O–H groups in total. The Morgan fingerprint density at radius 3 is 2.34 bits per heavy atom. The van der Waals surface area contributed by atoms with Gasteiger partial charge in [-0.2, -0.15) is 0 Å². The Morgan fingerprint density at radius 1 is 0.966 bits per heavy atom. The number of benzene rings is 2. The van der Waals surface area contributed by atoms with Crippen molar-refractivity contribution in [3.8, 4) is 0 Å². The summed E-state index contributed by atoms with van der Waals surface area (Å²) in [6.07, 6.45) is 4.23. The van der Waals surface area contributed by atoms with Crippen molar-refractivity contribution in [3.05, 3.63) is 87.4 Å². The van der Waals surface area contributed by atoms with Gasteiger partial charge in [0.25, 0.3) is 0 Å². The van der Waals surface area contributed by atoms with Crippen LogP contribution in [-0.2, 0) is 12.8 Å². The van der Waals surface area contributed by atoms with E-state index in [1.807, 2.05) is 42.5 Å². The third-order valence-corrected chi connectivity index (χ3v) is 6.00. The zero-order valence-corrected chi connectivity index (χ0v) is 18.3. The van der Waals surface area contributed by atoms with Crippen LogP contribution < -0.4 is 0 Å². The molecule has 0 fully saturated rings. The van der Waals surface area contributed by atoms with E-state index < -0.39 is 0 Å². The Hall–Kier alpha value is -2.59. The summed E-state index contributed by atoms with van der Waals surface area (Å²) in [5.41, 5.74) is 4.79. The Morgan fingerprint density at radius 2 is 1.66 bits per heavy atom. The van der Waals surface area contributed by atoms with Crippen molar-refractivity contribution in [2.45, 2.75) is 46.5 Å². The van der Waals surface area contributed by atoms with Gasteiger partial charge in [-0.15, -0.1) is 11.3 Å². The van der Waals surface area contributed by atoms with Crippen LogP contribution in [0, 0.1) is 23.2 Å². The Bertz CT molecular complexity index is 986. The van der Waals surface area contributed by atoms with E-state index in [1.165, 1.54) is 11.3 Å². The lowest BCUT2D eigenvalue weighted by Crippen LogP contribution is -2.16. The van der Waals surface area contributed by atoms with Crippen molar-refractivity contribution < 1.29 is 0 Å². The second-order valence-corrected chi connectivity index (χ2v) is 9.43. The summed E-state index contributed by atoms with van der Waals surface area (Å²) in [7, 11) is 0. The Labute approximate surface area is 177 Å². The maximum Gasteiger partial charge on any atom is 0.0897 e. The molecule has 150 valence electrons. The first-order valence-electron chi connectivity index (χ1n) is 10.1. The van der Waals surface area contributed by atoms with E-state index in [-0.39, 0.29) is 16.8 Å². The molecule has 0 bridgehead atoms. The average Bonchev–Trinajstić information content (AvgIpc) is 3.11. The average molecular weight is 404 g/mol. The molecular weight excluding hydrogens is 374 g/mol. The number of hydrogen-bond acceptors (Lipinski definition) is 4. The lowest BCUT2D eigenvalue weighted by atomic mass is 9.82. The predicted octanol–water partition coefficient (Wildman–Crippen LogP) is 6.48. The monoisotopic (exact) mass is 403 g/mol. The van der Waals surface area contributed by atoms with Gasteiger partial charge in [-0.05, 0) is 49.7 Å². The molecule has 0 aliphatic carbocycles. The molecule has 0 aliphatic heterocycles. The van der Waals surface area contributed by atoms with Crippen molar-refractivity contribution in [1.82, 2.24) is 4.98 Å². The van der Waals surface area contributed by atoms with E-state index in [9.17, 15) is 0 Å². The van der Waals surface area contributed by atoms with E-state index in [0.29, 0.717) is 0 Å². The first-order valence-corrected chi connectivity index (χ1v) is 11.0. The molecule has 0 spiro atoms. The molecule has 0 aliphatic rings. The molecule has 3 nitrogen and oxygen atoms in total. The van der Waals surface area contributed by atoms with Crippen molar-refractivity contribution in [3.63, 3.8) is 0 Å². The zero-order chi connectivity index (χ0) is 20.9. The molecule has 0 saturated heterocycles. The van der Waals surface area contributed by atoms with Gasteiger partial charge in [0.1, 0.15) is 0 Å². The second-order valence-electron chi connectivity index (χ2n) is 8.37. The summed E-state index contributed by atoms with van der Waals surface area (Å²) in [6.45, 7) is 6.69. The van der Waals surface area contributed by atoms with E-state index in [0.717, 1.165) is 41.8 Å². The topological polar surface area (TPSA) is 60.6 Å². The van der Waals surface area contributed by atoms with Crippen LogP contribution in [0.25, 0.3) is 0 Å². The smallest absolute Gasteiger partial charge is 0.0897 e. The second kappa shape index (κ2) is 9.27. The lowest BCUT2D eigenvalue weighted by molar-refractivity contribution is 0.320. The molecule has 0 unspecified atom stereocenters. The third kappa shape index (κ3) is 5.94. The standard InChI is InChI=1S/C25H29N3S/c1-18-28-22(17-29-18)16-25(2,3)14-8-10-19-9-7-13-21(15-19)24(27)23(26)20-11-5-4-6-12-20/h4-7,9,11-13,15,17,26-27H,8,10,14,16H2,1-3H3. The summed E-state index contributed by atoms with van der Waals surface area (Å²) < 4.78 is 0. The fraction of sp³-hybridized carbons (Fsp3) is 0.320. The highest BCUT2D eigenvalue weighted by atomic mass is 32.1. The van der Waals surface area contributed by atoms with Gasteiger partial charge >= 0.3 is 0 Å². The van der Waals surface area contributed by atoms with Gasteiger partial charge in [-0.1, -0.05) is 62.4 Å². The Balaban J connectivity index is 1.58. The summed E-state index contributed by atoms with van der Waals surface area (Å²) >= 11 is 1.72. The van der Waals surface area contributed by atoms with Crippen molar-refractivity contribution in [2.75, 3.05) is 0 Å². The zero-order valence-electron chi connectivity index (χ0n) is 17.5. The molecule has 0 amide bonds. The number of aryl methyl sites for hydroxylation is 2. The van der Waals surface area contributed by atoms with Crippen LogP contribution in [0.4, 0.5) is 0 Å². The molecule has 0 saturated carbocycles. The number of nitrogens with one attached hydrogen (secondary N) is 2. The van der Waals surface area contributed by atoms with Crippen LogP contribution in [0.3, 0.4) is 0 Å². The van der Waals surface area contributed by atoms with Gasteiger partial charge in [0.15, 0.2) is 0 Å². The van der Waals surface area contributed by atoms with Gasteiger partial charge in [0.2, 0.25) is 0 Å².